The van der Waals surface area contributed by atoms with Crippen molar-refractivity contribution in [2.75, 3.05) is 21.3 Å². The van der Waals surface area contributed by atoms with Crippen molar-refractivity contribution < 1.29 is 22.6 Å². The van der Waals surface area contributed by atoms with Gasteiger partial charge in [-0.2, -0.15) is 0 Å². The van der Waals surface area contributed by atoms with Crippen molar-refractivity contribution in [1.82, 2.24) is 4.72 Å². The summed E-state index contributed by atoms with van der Waals surface area (Å²) >= 11 is 5.93. The van der Waals surface area contributed by atoms with E-state index in [0.29, 0.717) is 16.5 Å². The first-order valence-corrected chi connectivity index (χ1v) is 9.26. The van der Waals surface area contributed by atoms with Crippen LogP contribution in [0.15, 0.2) is 41.3 Å². The number of nitrogens with one attached hydrogen (secondary N) is 1. The summed E-state index contributed by atoms with van der Waals surface area (Å²) in [6, 6.07) is 9.14. The molecule has 1 atom stereocenters. The summed E-state index contributed by atoms with van der Waals surface area (Å²) in [7, 11) is 0.621. The number of benzene rings is 2. The summed E-state index contributed by atoms with van der Waals surface area (Å²) in [5.74, 6) is 1.31. The van der Waals surface area contributed by atoms with Gasteiger partial charge in [-0.1, -0.05) is 17.7 Å². The fourth-order valence-electron chi connectivity index (χ4n) is 2.35. The molecule has 0 aliphatic heterocycles. The molecule has 0 aromatic heterocycles. The number of methoxy groups -OCH3 is 3. The minimum absolute atomic E-state index is 0.0187. The molecule has 2 rings (SSSR count). The molecule has 0 aliphatic carbocycles. The van der Waals surface area contributed by atoms with Gasteiger partial charge < -0.3 is 14.2 Å². The molecule has 6 nitrogen and oxygen atoms in total. The Bertz CT molecular complexity index is 854. The second kappa shape index (κ2) is 7.95. The van der Waals surface area contributed by atoms with Crippen LogP contribution in [0.5, 0.6) is 17.2 Å². The maximum absolute atomic E-state index is 12.7. The first kappa shape index (κ1) is 19.4. The molecular formula is C17H20ClNO5S. The quantitative estimate of drug-likeness (QED) is 0.790. The third kappa shape index (κ3) is 4.36. The first-order valence-electron chi connectivity index (χ1n) is 7.40. The third-order valence-corrected chi connectivity index (χ3v) is 5.45. The summed E-state index contributed by atoms with van der Waals surface area (Å²) in [5.41, 5.74) is 0.724. The van der Waals surface area contributed by atoms with E-state index in [1.165, 1.54) is 33.5 Å². The van der Waals surface area contributed by atoms with Crippen LogP contribution in [0.2, 0.25) is 5.02 Å². The van der Waals surface area contributed by atoms with Crippen molar-refractivity contribution in [3.63, 3.8) is 0 Å². The van der Waals surface area contributed by atoms with E-state index in [0.717, 1.165) is 5.56 Å². The van der Waals surface area contributed by atoms with E-state index in [9.17, 15) is 8.42 Å². The highest BCUT2D eigenvalue weighted by atomic mass is 35.5. The molecule has 0 amide bonds. The lowest BCUT2D eigenvalue weighted by atomic mass is 10.1. The summed E-state index contributed by atoms with van der Waals surface area (Å²) in [6.45, 7) is 1.73. The standard InChI is InChI=1S/C17H20ClNO5S/c1-11(12-5-7-14(22-2)16(9-12)24-4)19-25(20,21)17-10-13(18)6-8-15(17)23-3/h5-11,19H,1-4H3/t11-/m0/s1. The number of halogens is 1. The summed E-state index contributed by atoms with van der Waals surface area (Å²) in [6.07, 6.45) is 0. The third-order valence-electron chi connectivity index (χ3n) is 3.65. The van der Waals surface area contributed by atoms with E-state index in [1.54, 1.807) is 31.2 Å². The molecule has 0 fully saturated rings. The van der Waals surface area contributed by atoms with Crippen LogP contribution in [0.1, 0.15) is 18.5 Å². The molecule has 1 N–H and O–H groups in total. The SMILES string of the molecule is COc1ccc([C@H](C)NS(=O)(=O)c2cc(Cl)ccc2OC)cc1OC. The van der Waals surface area contributed by atoms with Crippen LogP contribution in [0.3, 0.4) is 0 Å². The molecule has 0 unspecified atom stereocenters. The number of hydrogen-bond donors (Lipinski definition) is 1. The van der Waals surface area contributed by atoms with E-state index < -0.39 is 16.1 Å². The maximum atomic E-state index is 12.7. The average Bonchev–Trinajstić information content (AvgIpc) is 2.60. The predicted octanol–water partition coefficient (Wildman–Crippen LogP) is 3.41. The molecule has 0 spiro atoms. The van der Waals surface area contributed by atoms with Gasteiger partial charge in [-0.15, -0.1) is 0 Å². The van der Waals surface area contributed by atoms with E-state index in [-0.39, 0.29) is 10.6 Å². The van der Waals surface area contributed by atoms with Gasteiger partial charge in [-0.05, 0) is 42.8 Å². The Kier molecular flexibility index (Phi) is 6.16. The number of rotatable bonds is 7. The zero-order valence-corrected chi connectivity index (χ0v) is 15.9. The van der Waals surface area contributed by atoms with Gasteiger partial charge in [-0.25, -0.2) is 13.1 Å². The molecule has 8 heteroatoms. The molecule has 2 aromatic carbocycles. The minimum atomic E-state index is -3.84. The molecule has 0 heterocycles. The molecule has 136 valence electrons. The van der Waals surface area contributed by atoms with Crippen LogP contribution in [0.4, 0.5) is 0 Å². The van der Waals surface area contributed by atoms with Crippen LogP contribution >= 0.6 is 11.6 Å². The molecule has 25 heavy (non-hydrogen) atoms. The Morgan fingerprint density at radius 2 is 1.52 bits per heavy atom. The summed E-state index contributed by atoms with van der Waals surface area (Å²) < 4.78 is 43.6. The Morgan fingerprint density at radius 3 is 2.12 bits per heavy atom. The summed E-state index contributed by atoms with van der Waals surface area (Å²) in [4.78, 5) is -0.0187. The second-order valence-electron chi connectivity index (χ2n) is 5.25. The lowest BCUT2D eigenvalue weighted by molar-refractivity contribution is 0.354. The zero-order chi connectivity index (χ0) is 18.6. The Labute approximate surface area is 152 Å². The molecular weight excluding hydrogens is 366 g/mol. The Hall–Kier alpha value is -1.96. The fraction of sp³-hybridized carbons (Fsp3) is 0.294. The minimum Gasteiger partial charge on any atom is -0.495 e. The monoisotopic (exact) mass is 385 g/mol. The van der Waals surface area contributed by atoms with Crippen molar-refractivity contribution >= 4 is 21.6 Å². The van der Waals surface area contributed by atoms with Gasteiger partial charge in [0.25, 0.3) is 0 Å². The van der Waals surface area contributed by atoms with Crippen LogP contribution in [-0.2, 0) is 10.0 Å². The van der Waals surface area contributed by atoms with Gasteiger partial charge in [0.15, 0.2) is 11.5 Å². The lowest BCUT2D eigenvalue weighted by Gasteiger charge is -2.18. The van der Waals surface area contributed by atoms with Crippen molar-refractivity contribution in [2.45, 2.75) is 17.9 Å². The maximum Gasteiger partial charge on any atom is 0.244 e. The van der Waals surface area contributed by atoms with Gasteiger partial charge in [0.2, 0.25) is 10.0 Å². The first-order chi connectivity index (χ1) is 11.8. The fourth-order valence-corrected chi connectivity index (χ4v) is 4.01. The molecule has 0 bridgehead atoms. The van der Waals surface area contributed by atoms with E-state index in [1.807, 2.05) is 0 Å². The molecule has 0 radical (unpaired) electrons. The topological polar surface area (TPSA) is 73.9 Å². The molecule has 0 aliphatic rings. The zero-order valence-electron chi connectivity index (χ0n) is 14.4. The largest absolute Gasteiger partial charge is 0.495 e. The van der Waals surface area contributed by atoms with Gasteiger partial charge in [-0.3, -0.25) is 0 Å². The average molecular weight is 386 g/mol. The van der Waals surface area contributed by atoms with Crippen LogP contribution in [0, 0.1) is 0 Å². The molecule has 2 aromatic rings. The van der Waals surface area contributed by atoms with E-state index >= 15 is 0 Å². The van der Waals surface area contributed by atoms with Gasteiger partial charge in [0.1, 0.15) is 10.6 Å². The van der Waals surface area contributed by atoms with Crippen molar-refractivity contribution in [3.05, 3.63) is 47.0 Å². The van der Waals surface area contributed by atoms with E-state index in [2.05, 4.69) is 4.72 Å². The van der Waals surface area contributed by atoms with Crippen molar-refractivity contribution in [3.8, 4) is 17.2 Å². The Balaban J connectivity index is 2.33. The number of sulfonamides is 1. The van der Waals surface area contributed by atoms with Gasteiger partial charge in [0, 0.05) is 11.1 Å². The molecule has 0 saturated heterocycles. The molecule has 0 saturated carbocycles. The van der Waals surface area contributed by atoms with Gasteiger partial charge in [0.05, 0.1) is 21.3 Å². The van der Waals surface area contributed by atoms with Crippen molar-refractivity contribution in [2.24, 2.45) is 0 Å². The second-order valence-corrected chi connectivity index (χ2v) is 7.37. The number of ether oxygens (including phenoxy) is 3. The van der Waals surface area contributed by atoms with Crippen molar-refractivity contribution in [1.29, 1.82) is 0 Å². The lowest BCUT2D eigenvalue weighted by Crippen LogP contribution is -2.27. The highest BCUT2D eigenvalue weighted by molar-refractivity contribution is 7.89. The summed E-state index contributed by atoms with van der Waals surface area (Å²) in [5, 5.41) is 0.306. The highest BCUT2D eigenvalue weighted by Gasteiger charge is 2.23. The number of hydrogen-bond acceptors (Lipinski definition) is 5. The highest BCUT2D eigenvalue weighted by Crippen LogP contribution is 2.32. The Morgan fingerprint density at radius 1 is 0.920 bits per heavy atom. The van der Waals surface area contributed by atoms with Crippen LogP contribution in [0.25, 0.3) is 0 Å². The smallest absolute Gasteiger partial charge is 0.244 e. The normalized spacial score (nSPS) is 12.5. The van der Waals surface area contributed by atoms with Gasteiger partial charge >= 0.3 is 0 Å². The van der Waals surface area contributed by atoms with Crippen LogP contribution in [-0.4, -0.2) is 29.7 Å². The van der Waals surface area contributed by atoms with Crippen LogP contribution < -0.4 is 18.9 Å². The van der Waals surface area contributed by atoms with E-state index in [4.69, 9.17) is 25.8 Å². The predicted molar refractivity (Wildman–Crippen MR) is 96.3 cm³/mol.